The van der Waals surface area contributed by atoms with E-state index in [1.165, 1.54) is 12.1 Å². The summed E-state index contributed by atoms with van der Waals surface area (Å²) < 4.78 is 13.7. The van der Waals surface area contributed by atoms with E-state index in [-0.39, 0.29) is 10.1 Å². The Labute approximate surface area is 137 Å². The van der Waals surface area contributed by atoms with Crippen molar-refractivity contribution in [2.75, 3.05) is 4.90 Å². The maximum atomic E-state index is 13.7. The van der Waals surface area contributed by atoms with Crippen molar-refractivity contribution in [1.29, 1.82) is 0 Å². The van der Waals surface area contributed by atoms with Gasteiger partial charge in [0, 0.05) is 5.56 Å². The molecule has 2 amide bonds. The van der Waals surface area contributed by atoms with Gasteiger partial charge in [-0.3, -0.25) is 9.59 Å². The van der Waals surface area contributed by atoms with Crippen LogP contribution in [0.15, 0.2) is 53.4 Å². The fraction of sp³-hybridized carbons (Fsp3) is 0.111. The predicted octanol–water partition coefficient (Wildman–Crippen LogP) is 4.63. The van der Waals surface area contributed by atoms with Gasteiger partial charge in [0.05, 0.1) is 10.6 Å². The molecule has 116 valence electrons. The maximum Gasteiger partial charge on any atom is 0.298 e. The molecule has 0 spiro atoms. The molecule has 0 atom stereocenters. The zero-order valence-corrected chi connectivity index (χ0v) is 13.3. The number of amides is 2. The van der Waals surface area contributed by atoms with E-state index in [2.05, 4.69) is 0 Å². The van der Waals surface area contributed by atoms with E-state index >= 15 is 0 Å². The lowest BCUT2D eigenvalue weighted by Crippen LogP contribution is -2.28. The van der Waals surface area contributed by atoms with Crippen molar-refractivity contribution in [2.45, 2.75) is 13.3 Å². The minimum Gasteiger partial charge on any atom is -0.268 e. The van der Waals surface area contributed by atoms with Crippen molar-refractivity contribution >= 4 is 34.7 Å². The predicted molar refractivity (Wildman–Crippen MR) is 90.7 cm³/mol. The molecule has 3 rings (SSSR count). The fourth-order valence-corrected chi connectivity index (χ4v) is 3.26. The average molecular weight is 327 g/mol. The number of thioether (sulfide) groups is 1. The summed E-state index contributed by atoms with van der Waals surface area (Å²) in [6, 6.07) is 13.5. The Morgan fingerprint density at radius 3 is 2.52 bits per heavy atom. The van der Waals surface area contributed by atoms with E-state index in [0.29, 0.717) is 17.7 Å². The number of hydrogen-bond acceptors (Lipinski definition) is 3. The summed E-state index contributed by atoms with van der Waals surface area (Å²) >= 11 is 0.831. The highest BCUT2D eigenvalue weighted by Crippen LogP contribution is 2.37. The third-order valence-electron chi connectivity index (χ3n) is 3.60. The van der Waals surface area contributed by atoms with Gasteiger partial charge in [-0.15, -0.1) is 0 Å². The van der Waals surface area contributed by atoms with Gasteiger partial charge in [0.25, 0.3) is 11.1 Å². The summed E-state index contributed by atoms with van der Waals surface area (Å²) in [5.74, 6) is -0.836. The summed E-state index contributed by atoms with van der Waals surface area (Å²) in [5.41, 5.74) is 1.80. The zero-order chi connectivity index (χ0) is 16.4. The molecule has 0 aliphatic carbocycles. The molecule has 23 heavy (non-hydrogen) atoms. The van der Waals surface area contributed by atoms with Crippen LogP contribution in [0.1, 0.15) is 18.1 Å². The van der Waals surface area contributed by atoms with E-state index < -0.39 is 11.7 Å². The number of imide groups is 1. The van der Waals surface area contributed by atoms with Crippen molar-refractivity contribution in [2.24, 2.45) is 0 Å². The molecular weight excluding hydrogens is 313 g/mol. The number of carbonyl (C=O) groups excluding carboxylic acids is 2. The van der Waals surface area contributed by atoms with Crippen LogP contribution in [0.4, 0.5) is 14.9 Å². The van der Waals surface area contributed by atoms with E-state index in [1.54, 1.807) is 30.3 Å². The summed E-state index contributed by atoms with van der Waals surface area (Å²) in [6.07, 6.45) is 2.14. The minimum atomic E-state index is -0.423. The number of para-hydroxylation sites is 1. The Kier molecular flexibility index (Phi) is 4.30. The molecule has 0 saturated carbocycles. The third kappa shape index (κ3) is 2.92. The number of anilines is 1. The van der Waals surface area contributed by atoms with Crippen LogP contribution in [0.2, 0.25) is 0 Å². The first-order chi connectivity index (χ1) is 11.1. The normalized spacial score (nSPS) is 16.4. The van der Waals surface area contributed by atoms with Gasteiger partial charge in [0.2, 0.25) is 0 Å². The van der Waals surface area contributed by atoms with Crippen LogP contribution < -0.4 is 4.90 Å². The molecule has 2 aromatic rings. The smallest absolute Gasteiger partial charge is 0.268 e. The highest BCUT2D eigenvalue weighted by Gasteiger charge is 2.37. The van der Waals surface area contributed by atoms with E-state index in [1.807, 2.05) is 19.1 Å². The molecule has 1 heterocycles. The van der Waals surface area contributed by atoms with Crippen LogP contribution in [-0.2, 0) is 11.2 Å². The van der Waals surface area contributed by atoms with Crippen LogP contribution in [0.3, 0.4) is 0 Å². The standard InChI is InChI=1S/C18H14FNO2S/c1-2-12-7-4-6-10-15(12)20-17(21)16(23-18(20)22)11-13-8-3-5-9-14(13)19/h3-11H,2H2,1H3/b16-11-. The minimum absolute atomic E-state index is 0.228. The molecule has 0 aromatic heterocycles. The molecule has 0 N–H and O–H groups in total. The number of rotatable bonds is 3. The summed E-state index contributed by atoms with van der Waals surface area (Å²) in [6.45, 7) is 1.97. The second-order valence-corrected chi connectivity index (χ2v) is 6.01. The molecule has 0 bridgehead atoms. The number of nitrogens with zero attached hydrogens (tertiary/aromatic N) is 1. The lowest BCUT2D eigenvalue weighted by Gasteiger charge is -2.16. The number of aryl methyl sites for hydroxylation is 1. The Bertz CT molecular complexity index is 816. The van der Waals surface area contributed by atoms with Crippen LogP contribution in [-0.4, -0.2) is 11.1 Å². The van der Waals surface area contributed by atoms with Gasteiger partial charge >= 0.3 is 0 Å². The highest BCUT2D eigenvalue weighted by molar-refractivity contribution is 8.19. The zero-order valence-electron chi connectivity index (χ0n) is 12.5. The van der Waals surface area contributed by atoms with Gasteiger partial charge in [0.15, 0.2) is 0 Å². The first-order valence-corrected chi connectivity index (χ1v) is 8.04. The largest absolute Gasteiger partial charge is 0.298 e. The quantitative estimate of drug-likeness (QED) is 0.771. The second-order valence-electron chi connectivity index (χ2n) is 5.02. The Hall–Kier alpha value is -2.40. The number of benzene rings is 2. The van der Waals surface area contributed by atoms with Gasteiger partial charge in [-0.1, -0.05) is 43.3 Å². The van der Waals surface area contributed by atoms with E-state index in [4.69, 9.17) is 0 Å². The molecule has 0 unspecified atom stereocenters. The molecular formula is C18H14FNO2S. The van der Waals surface area contributed by atoms with Gasteiger partial charge in [-0.25, -0.2) is 9.29 Å². The van der Waals surface area contributed by atoms with E-state index in [0.717, 1.165) is 22.2 Å². The molecule has 1 aliphatic heterocycles. The second kappa shape index (κ2) is 6.38. The number of halogens is 1. The van der Waals surface area contributed by atoms with Crippen molar-refractivity contribution in [1.82, 2.24) is 0 Å². The Morgan fingerprint density at radius 1 is 1.09 bits per heavy atom. The van der Waals surface area contributed by atoms with Gasteiger partial charge in [0.1, 0.15) is 5.82 Å². The first-order valence-electron chi connectivity index (χ1n) is 7.22. The lowest BCUT2D eigenvalue weighted by molar-refractivity contribution is -0.113. The molecule has 1 saturated heterocycles. The Balaban J connectivity index is 1.99. The maximum absolute atomic E-state index is 13.7. The van der Waals surface area contributed by atoms with Gasteiger partial charge in [-0.2, -0.15) is 0 Å². The van der Waals surface area contributed by atoms with Crippen LogP contribution in [0, 0.1) is 5.82 Å². The van der Waals surface area contributed by atoms with Gasteiger partial charge in [-0.05, 0) is 42.0 Å². The lowest BCUT2D eigenvalue weighted by atomic mass is 10.1. The highest BCUT2D eigenvalue weighted by atomic mass is 32.2. The fourth-order valence-electron chi connectivity index (χ4n) is 2.44. The van der Waals surface area contributed by atoms with Crippen molar-refractivity contribution < 1.29 is 14.0 Å². The molecule has 5 heteroatoms. The number of hydrogen-bond donors (Lipinski definition) is 0. The third-order valence-corrected chi connectivity index (χ3v) is 4.47. The van der Waals surface area contributed by atoms with Crippen LogP contribution >= 0.6 is 11.8 Å². The van der Waals surface area contributed by atoms with E-state index in [9.17, 15) is 14.0 Å². The molecule has 0 radical (unpaired) electrons. The molecule has 1 aliphatic rings. The van der Waals surface area contributed by atoms with Crippen LogP contribution in [0.25, 0.3) is 6.08 Å². The summed E-state index contributed by atoms with van der Waals surface area (Å²) in [4.78, 5) is 26.3. The molecule has 1 fully saturated rings. The SMILES string of the molecule is CCc1ccccc1N1C(=O)S/C(=C\c2ccccc2F)C1=O. The van der Waals surface area contributed by atoms with Crippen molar-refractivity contribution in [3.63, 3.8) is 0 Å². The Morgan fingerprint density at radius 2 is 1.78 bits per heavy atom. The molecule has 2 aromatic carbocycles. The summed E-state index contributed by atoms with van der Waals surface area (Å²) in [5, 5.41) is -0.363. The molecule has 3 nitrogen and oxygen atoms in total. The van der Waals surface area contributed by atoms with Crippen LogP contribution in [0.5, 0.6) is 0 Å². The monoisotopic (exact) mass is 327 g/mol. The van der Waals surface area contributed by atoms with Gasteiger partial charge < -0.3 is 0 Å². The topological polar surface area (TPSA) is 37.4 Å². The van der Waals surface area contributed by atoms with Crippen molar-refractivity contribution in [3.05, 3.63) is 70.4 Å². The first kappa shape index (κ1) is 15.5. The van der Waals surface area contributed by atoms with Crippen molar-refractivity contribution in [3.8, 4) is 0 Å². The number of carbonyl (C=O) groups is 2. The average Bonchev–Trinajstić information content (AvgIpc) is 2.83. The summed E-state index contributed by atoms with van der Waals surface area (Å²) in [7, 11) is 0.